The molecule has 5 nitrogen and oxygen atoms in total. The maximum Gasteiger partial charge on any atom is 0.207 e. The molecule has 1 heterocycles. The number of ether oxygens (including phenoxy) is 4. The van der Waals surface area contributed by atoms with Gasteiger partial charge in [-0.05, 0) is 23.6 Å². The van der Waals surface area contributed by atoms with E-state index in [1.807, 2.05) is 12.3 Å². The van der Waals surface area contributed by atoms with Crippen molar-refractivity contribution in [2.45, 2.75) is 13.3 Å². The van der Waals surface area contributed by atoms with Crippen LogP contribution in [0.3, 0.4) is 0 Å². The quantitative estimate of drug-likeness (QED) is 0.600. The molecule has 3 aromatic rings. The van der Waals surface area contributed by atoms with E-state index in [1.165, 1.54) is 5.56 Å². The Bertz CT molecular complexity index is 919. The van der Waals surface area contributed by atoms with Crippen LogP contribution in [-0.4, -0.2) is 28.4 Å². The highest BCUT2D eigenvalue weighted by Crippen LogP contribution is 2.51. The van der Waals surface area contributed by atoms with E-state index in [9.17, 15) is 0 Å². The average molecular weight is 386 g/mol. The summed E-state index contributed by atoms with van der Waals surface area (Å²) >= 11 is 1.57. The maximum absolute atomic E-state index is 5.69. The van der Waals surface area contributed by atoms with Gasteiger partial charge in [0.2, 0.25) is 11.5 Å². The van der Waals surface area contributed by atoms with E-state index in [2.05, 4.69) is 35.6 Å². The number of aryl methyl sites for hydroxylation is 1. The number of aromatic amines is 1. The van der Waals surface area contributed by atoms with Gasteiger partial charge in [-0.15, -0.1) is 0 Å². The van der Waals surface area contributed by atoms with Crippen LogP contribution in [-0.2, 0) is 6.42 Å². The van der Waals surface area contributed by atoms with Gasteiger partial charge in [0.05, 0.1) is 34.0 Å². The van der Waals surface area contributed by atoms with E-state index >= 15 is 0 Å². The van der Waals surface area contributed by atoms with Gasteiger partial charge in [-0.1, -0.05) is 31.2 Å². The SMILES string of the molecule is CCc1ccc(-c2s[nH+]cc2-c2cc(OC)c(OC)c(OC)c2OC)cc1. The molecule has 0 saturated heterocycles. The molecule has 0 saturated carbocycles. The Morgan fingerprint density at radius 2 is 1.48 bits per heavy atom. The van der Waals surface area contributed by atoms with Crippen LogP contribution in [0.25, 0.3) is 21.6 Å². The molecule has 27 heavy (non-hydrogen) atoms. The topological polar surface area (TPSA) is 51.1 Å². The van der Waals surface area contributed by atoms with Crippen LogP contribution in [0.1, 0.15) is 12.5 Å². The molecule has 0 radical (unpaired) electrons. The Hall–Kier alpha value is -2.73. The van der Waals surface area contributed by atoms with Crippen molar-refractivity contribution in [3.8, 4) is 44.6 Å². The molecule has 0 aliphatic heterocycles. The van der Waals surface area contributed by atoms with Crippen molar-refractivity contribution in [1.82, 2.24) is 0 Å². The fourth-order valence-electron chi connectivity index (χ4n) is 3.11. The Labute approximate surface area is 163 Å². The number of nitrogens with one attached hydrogen (secondary N) is 1. The molecule has 6 heteroatoms. The first kappa shape index (κ1) is 19.0. The van der Waals surface area contributed by atoms with Gasteiger partial charge in [0, 0.05) is 5.56 Å². The summed E-state index contributed by atoms with van der Waals surface area (Å²) in [6, 6.07) is 10.5. The van der Waals surface area contributed by atoms with Crippen LogP contribution in [0.4, 0.5) is 0 Å². The summed E-state index contributed by atoms with van der Waals surface area (Å²) in [6.07, 6.45) is 2.99. The summed E-state index contributed by atoms with van der Waals surface area (Å²) in [7, 11) is 6.41. The standard InChI is InChI=1S/C21H23NO4S/c1-6-13-7-9-14(10-8-13)21-16(12-22-27-21)15-11-17(23-2)19(25-4)20(26-5)18(15)24-3/h7-12H,6H2,1-5H3/p+1. The fourth-order valence-corrected chi connectivity index (χ4v) is 3.93. The molecule has 1 N–H and O–H groups in total. The van der Waals surface area contributed by atoms with Gasteiger partial charge < -0.3 is 18.9 Å². The zero-order chi connectivity index (χ0) is 19.4. The summed E-state index contributed by atoms with van der Waals surface area (Å²) in [5.41, 5.74) is 4.34. The zero-order valence-corrected chi connectivity index (χ0v) is 17.0. The van der Waals surface area contributed by atoms with Crippen molar-refractivity contribution in [2.75, 3.05) is 28.4 Å². The summed E-state index contributed by atoms with van der Waals surface area (Å²) in [6.45, 7) is 2.15. The Kier molecular flexibility index (Phi) is 5.86. The monoisotopic (exact) mass is 386 g/mol. The van der Waals surface area contributed by atoms with Crippen LogP contribution < -0.4 is 23.3 Å². The third kappa shape index (κ3) is 3.45. The molecule has 1 aromatic heterocycles. The van der Waals surface area contributed by atoms with E-state index in [1.54, 1.807) is 40.0 Å². The van der Waals surface area contributed by atoms with E-state index in [0.717, 1.165) is 28.0 Å². The lowest BCUT2D eigenvalue weighted by Gasteiger charge is -2.18. The van der Waals surface area contributed by atoms with Crippen LogP contribution in [0, 0.1) is 0 Å². The largest absolute Gasteiger partial charge is 0.493 e. The lowest BCUT2D eigenvalue weighted by molar-refractivity contribution is -0.288. The lowest BCUT2D eigenvalue weighted by atomic mass is 10.00. The highest BCUT2D eigenvalue weighted by Gasteiger charge is 2.26. The van der Waals surface area contributed by atoms with Crippen molar-refractivity contribution in [1.29, 1.82) is 0 Å². The van der Waals surface area contributed by atoms with Gasteiger partial charge in [-0.3, -0.25) is 0 Å². The molecule has 0 fully saturated rings. The summed E-state index contributed by atoms with van der Waals surface area (Å²) in [5.74, 6) is 2.21. The first-order chi connectivity index (χ1) is 13.2. The number of hydrogen-bond acceptors (Lipinski definition) is 5. The predicted octanol–water partition coefficient (Wildman–Crippen LogP) is 4.49. The van der Waals surface area contributed by atoms with Gasteiger partial charge in [0.15, 0.2) is 17.7 Å². The van der Waals surface area contributed by atoms with Gasteiger partial charge in [0.1, 0.15) is 16.4 Å². The van der Waals surface area contributed by atoms with E-state index in [0.29, 0.717) is 23.0 Å². The van der Waals surface area contributed by atoms with Crippen LogP contribution in [0.5, 0.6) is 23.0 Å². The first-order valence-corrected chi connectivity index (χ1v) is 9.46. The summed E-state index contributed by atoms with van der Waals surface area (Å²) < 4.78 is 25.5. The highest BCUT2D eigenvalue weighted by atomic mass is 32.1. The molecular formula is C21H24NO4S+. The normalized spacial score (nSPS) is 10.6. The van der Waals surface area contributed by atoms with E-state index < -0.39 is 0 Å². The molecule has 0 aliphatic rings. The van der Waals surface area contributed by atoms with Crippen molar-refractivity contribution >= 4 is 11.5 Å². The average Bonchev–Trinajstić information content (AvgIpc) is 3.21. The number of rotatable bonds is 7. The van der Waals surface area contributed by atoms with E-state index in [-0.39, 0.29) is 0 Å². The van der Waals surface area contributed by atoms with Gasteiger partial charge in [-0.25, -0.2) is 0 Å². The minimum absolute atomic E-state index is 0.507. The highest BCUT2D eigenvalue weighted by molar-refractivity contribution is 7.06. The second-order valence-electron chi connectivity index (χ2n) is 5.88. The maximum atomic E-state index is 5.69. The number of hydrogen-bond donors (Lipinski definition) is 0. The van der Waals surface area contributed by atoms with Crippen molar-refractivity contribution < 1.29 is 23.3 Å². The first-order valence-electron chi connectivity index (χ1n) is 8.64. The fraction of sp³-hybridized carbons (Fsp3) is 0.286. The molecule has 0 atom stereocenters. The molecule has 3 rings (SSSR count). The third-order valence-corrected chi connectivity index (χ3v) is 5.41. The summed E-state index contributed by atoms with van der Waals surface area (Å²) in [5, 5.41) is 0. The Balaban J connectivity index is 2.21. The second-order valence-corrected chi connectivity index (χ2v) is 6.73. The molecule has 0 unspecified atom stereocenters. The van der Waals surface area contributed by atoms with E-state index in [4.69, 9.17) is 18.9 Å². The van der Waals surface area contributed by atoms with Crippen molar-refractivity contribution in [2.24, 2.45) is 0 Å². The van der Waals surface area contributed by atoms with Crippen LogP contribution in [0.2, 0.25) is 0 Å². The molecule has 0 bridgehead atoms. The smallest absolute Gasteiger partial charge is 0.207 e. The Morgan fingerprint density at radius 3 is 2.04 bits per heavy atom. The molecule has 0 aliphatic carbocycles. The molecular weight excluding hydrogens is 362 g/mol. The minimum atomic E-state index is 0.507. The van der Waals surface area contributed by atoms with Gasteiger partial charge in [-0.2, -0.15) is 4.37 Å². The molecule has 2 aromatic carbocycles. The third-order valence-electron chi connectivity index (χ3n) is 4.51. The minimum Gasteiger partial charge on any atom is -0.493 e. The number of aromatic nitrogens is 1. The predicted molar refractivity (Wildman–Crippen MR) is 107 cm³/mol. The number of H-pyrrole nitrogens is 1. The van der Waals surface area contributed by atoms with Crippen molar-refractivity contribution in [3.63, 3.8) is 0 Å². The second kappa shape index (κ2) is 8.31. The number of benzene rings is 2. The van der Waals surface area contributed by atoms with Crippen molar-refractivity contribution in [3.05, 3.63) is 42.1 Å². The zero-order valence-electron chi connectivity index (χ0n) is 16.2. The van der Waals surface area contributed by atoms with Crippen LogP contribution >= 0.6 is 11.5 Å². The Morgan fingerprint density at radius 1 is 0.815 bits per heavy atom. The molecule has 0 amide bonds. The summed E-state index contributed by atoms with van der Waals surface area (Å²) in [4.78, 5) is 1.12. The van der Waals surface area contributed by atoms with Gasteiger partial charge in [0.25, 0.3) is 0 Å². The van der Waals surface area contributed by atoms with Gasteiger partial charge >= 0.3 is 0 Å². The molecule has 0 spiro atoms. The number of methoxy groups -OCH3 is 4. The van der Waals surface area contributed by atoms with Crippen LogP contribution in [0.15, 0.2) is 36.5 Å². The lowest BCUT2D eigenvalue weighted by Crippen LogP contribution is -2.00. The molecule has 142 valence electrons.